The molecule has 0 aliphatic carbocycles. The number of nitrogens with zero attached hydrogens (tertiary/aromatic N) is 3. The summed E-state index contributed by atoms with van der Waals surface area (Å²) in [6.07, 6.45) is 8.18. The van der Waals surface area contributed by atoms with Crippen LogP contribution in [0.5, 0.6) is 0 Å². The van der Waals surface area contributed by atoms with Gasteiger partial charge < -0.3 is 14.5 Å². The third-order valence-corrected chi connectivity index (χ3v) is 3.23. The second kappa shape index (κ2) is 7.68. The van der Waals surface area contributed by atoms with Crippen LogP contribution in [0.25, 0.3) is 0 Å². The van der Waals surface area contributed by atoms with Gasteiger partial charge in [0.2, 0.25) is 5.91 Å². The minimum absolute atomic E-state index is 0.185. The molecule has 0 bridgehead atoms. The first-order valence-electron chi connectivity index (χ1n) is 6.76. The van der Waals surface area contributed by atoms with Crippen LogP contribution in [0.4, 0.5) is 5.69 Å². The van der Waals surface area contributed by atoms with Crippen molar-refractivity contribution in [2.45, 2.75) is 25.9 Å². The molecule has 0 spiro atoms. The fourth-order valence-corrected chi connectivity index (χ4v) is 2.17. The lowest BCUT2D eigenvalue weighted by Gasteiger charge is -2.09. The molecule has 0 aliphatic heterocycles. The van der Waals surface area contributed by atoms with Crippen molar-refractivity contribution in [3.05, 3.63) is 47.4 Å². The number of thiol groups is 1. The molecule has 0 aromatic carbocycles. The molecule has 112 valence electrons. The number of pyridine rings is 1. The highest BCUT2D eigenvalue weighted by Gasteiger charge is 2.06. The van der Waals surface area contributed by atoms with E-state index in [0.29, 0.717) is 18.0 Å². The molecule has 2 aromatic rings. The van der Waals surface area contributed by atoms with Gasteiger partial charge in [-0.05, 0) is 24.3 Å². The first kappa shape index (κ1) is 15.4. The van der Waals surface area contributed by atoms with Gasteiger partial charge in [-0.25, -0.2) is 4.98 Å². The number of imidazole rings is 1. The summed E-state index contributed by atoms with van der Waals surface area (Å²) in [4.78, 5) is 27.7. The van der Waals surface area contributed by atoms with E-state index in [4.69, 9.17) is 0 Å². The summed E-state index contributed by atoms with van der Waals surface area (Å²) >= 11 is 4.00. The van der Waals surface area contributed by atoms with Crippen molar-refractivity contribution < 1.29 is 4.79 Å². The van der Waals surface area contributed by atoms with E-state index in [0.717, 1.165) is 13.0 Å². The maximum absolute atomic E-state index is 12.2. The van der Waals surface area contributed by atoms with E-state index < -0.39 is 0 Å². The zero-order valence-corrected chi connectivity index (χ0v) is 12.5. The smallest absolute Gasteiger partial charge is 0.274 e. The third kappa shape index (κ3) is 4.49. The molecule has 0 aliphatic rings. The second-order valence-electron chi connectivity index (χ2n) is 4.60. The van der Waals surface area contributed by atoms with Gasteiger partial charge in [0.05, 0.1) is 6.33 Å². The Morgan fingerprint density at radius 2 is 2.19 bits per heavy atom. The molecule has 0 fully saturated rings. The molecular formula is C14H18N4O2S. The van der Waals surface area contributed by atoms with Crippen LogP contribution in [0.3, 0.4) is 0 Å². The molecule has 0 radical (unpaired) electrons. The number of carbonyl (C=O) groups excluding carboxylic acids is 1. The van der Waals surface area contributed by atoms with Gasteiger partial charge in [-0.3, -0.25) is 9.59 Å². The number of rotatable bonds is 7. The lowest BCUT2D eigenvalue weighted by molar-refractivity contribution is -0.115. The van der Waals surface area contributed by atoms with Gasteiger partial charge in [-0.15, -0.1) is 0 Å². The van der Waals surface area contributed by atoms with Crippen LogP contribution in [-0.2, 0) is 17.9 Å². The fraction of sp³-hybridized carbons (Fsp3) is 0.357. The van der Waals surface area contributed by atoms with Crippen molar-refractivity contribution in [3.8, 4) is 0 Å². The summed E-state index contributed by atoms with van der Waals surface area (Å²) in [7, 11) is 0. The monoisotopic (exact) mass is 306 g/mol. The van der Waals surface area contributed by atoms with Crippen molar-refractivity contribution in [2.24, 2.45) is 0 Å². The fourth-order valence-electron chi connectivity index (χ4n) is 1.96. The zero-order valence-electron chi connectivity index (χ0n) is 11.6. The van der Waals surface area contributed by atoms with Crippen LogP contribution in [0.1, 0.15) is 12.8 Å². The number of hydrogen-bond acceptors (Lipinski definition) is 4. The molecule has 7 heteroatoms. The lowest BCUT2D eigenvalue weighted by Crippen LogP contribution is -2.25. The van der Waals surface area contributed by atoms with E-state index in [1.165, 1.54) is 0 Å². The minimum atomic E-state index is -0.196. The van der Waals surface area contributed by atoms with Crippen LogP contribution in [0.2, 0.25) is 0 Å². The van der Waals surface area contributed by atoms with Gasteiger partial charge in [0.15, 0.2) is 0 Å². The van der Waals surface area contributed by atoms with Crippen LogP contribution in [0, 0.1) is 0 Å². The molecule has 1 amide bonds. The Bertz CT molecular complexity index is 637. The molecule has 6 nitrogen and oxygen atoms in total. The summed E-state index contributed by atoms with van der Waals surface area (Å²) in [5.41, 5.74) is 0.127. The van der Waals surface area contributed by atoms with Crippen molar-refractivity contribution in [3.63, 3.8) is 0 Å². The van der Waals surface area contributed by atoms with Crippen LogP contribution in [-0.4, -0.2) is 25.8 Å². The minimum Gasteiger partial charge on any atom is -0.337 e. The number of aryl methyl sites for hydroxylation is 2. The predicted molar refractivity (Wildman–Crippen MR) is 84.6 cm³/mol. The maximum Gasteiger partial charge on any atom is 0.274 e. The van der Waals surface area contributed by atoms with E-state index >= 15 is 0 Å². The molecule has 1 N–H and O–H groups in total. The third-order valence-electron chi connectivity index (χ3n) is 3.01. The van der Waals surface area contributed by atoms with Crippen molar-refractivity contribution in [2.75, 3.05) is 11.1 Å². The topological polar surface area (TPSA) is 68.9 Å². The highest BCUT2D eigenvalue weighted by molar-refractivity contribution is 7.80. The Kier molecular flexibility index (Phi) is 5.62. The summed E-state index contributed by atoms with van der Waals surface area (Å²) in [5, 5.41) is 2.62. The van der Waals surface area contributed by atoms with Crippen LogP contribution >= 0.6 is 12.6 Å². The zero-order chi connectivity index (χ0) is 15.1. The molecule has 2 heterocycles. The largest absolute Gasteiger partial charge is 0.337 e. The first-order chi connectivity index (χ1) is 10.2. The Balaban J connectivity index is 1.97. The summed E-state index contributed by atoms with van der Waals surface area (Å²) in [6, 6.07) is 3.38. The van der Waals surface area contributed by atoms with Crippen LogP contribution < -0.4 is 10.9 Å². The Morgan fingerprint density at radius 3 is 2.90 bits per heavy atom. The lowest BCUT2D eigenvalue weighted by atomic mass is 10.3. The van der Waals surface area contributed by atoms with Gasteiger partial charge in [0.1, 0.15) is 5.69 Å². The van der Waals surface area contributed by atoms with E-state index in [9.17, 15) is 9.59 Å². The first-order valence-corrected chi connectivity index (χ1v) is 7.40. The Labute approximate surface area is 128 Å². The Hall–Kier alpha value is -2.02. The van der Waals surface area contributed by atoms with E-state index in [1.807, 2.05) is 10.8 Å². The van der Waals surface area contributed by atoms with Gasteiger partial charge in [0.25, 0.3) is 5.56 Å². The highest BCUT2D eigenvalue weighted by atomic mass is 32.1. The van der Waals surface area contributed by atoms with Crippen LogP contribution in [0.15, 0.2) is 41.8 Å². The average molecular weight is 306 g/mol. The molecule has 0 atom stereocenters. The normalized spacial score (nSPS) is 10.5. The molecular weight excluding hydrogens is 288 g/mol. The number of aromatic nitrogens is 3. The van der Waals surface area contributed by atoms with Crippen molar-refractivity contribution >= 4 is 24.2 Å². The molecule has 0 saturated heterocycles. The van der Waals surface area contributed by atoms with E-state index in [2.05, 4.69) is 22.9 Å². The van der Waals surface area contributed by atoms with E-state index in [1.54, 1.807) is 35.4 Å². The number of carbonyl (C=O) groups is 1. The van der Waals surface area contributed by atoms with Gasteiger partial charge in [0, 0.05) is 38.1 Å². The Morgan fingerprint density at radius 1 is 1.33 bits per heavy atom. The summed E-state index contributed by atoms with van der Waals surface area (Å²) in [6.45, 7) is 1.38. The average Bonchev–Trinajstić information content (AvgIpc) is 2.96. The van der Waals surface area contributed by atoms with Crippen molar-refractivity contribution in [1.29, 1.82) is 0 Å². The standard InChI is InChI=1S/C14H18N4O2S/c19-13(4-10-21)16-12-3-1-7-18(14(12)20)8-2-6-17-9-5-15-11-17/h1,3,5,7,9,11,21H,2,4,6,8,10H2,(H,16,19). The number of anilines is 1. The van der Waals surface area contributed by atoms with E-state index in [-0.39, 0.29) is 17.9 Å². The summed E-state index contributed by atoms with van der Waals surface area (Å²) < 4.78 is 3.57. The van der Waals surface area contributed by atoms with Crippen molar-refractivity contribution in [1.82, 2.24) is 14.1 Å². The molecule has 21 heavy (non-hydrogen) atoms. The maximum atomic E-state index is 12.2. The molecule has 0 unspecified atom stereocenters. The highest BCUT2D eigenvalue weighted by Crippen LogP contribution is 2.01. The molecule has 0 saturated carbocycles. The predicted octanol–water partition coefficient (Wildman–Crippen LogP) is 1.39. The van der Waals surface area contributed by atoms with Gasteiger partial charge in [-0.2, -0.15) is 12.6 Å². The number of amides is 1. The van der Waals surface area contributed by atoms with Gasteiger partial charge >= 0.3 is 0 Å². The SMILES string of the molecule is O=C(CCS)Nc1cccn(CCCn2ccnc2)c1=O. The molecule has 2 rings (SSSR count). The number of hydrogen-bond donors (Lipinski definition) is 2. The van der Waals surface area contributed by atoms with Gasteiger partial charge in [-0.1, -0.05) is 0 Å². The quantitative estimate of drug-likeness (QED) is 0.760. The summed E-state index contributed by atoms with van der Waals surface area (Å²) in [5.74, 6) is 0.260. The molecule has 2 aromatic heterocycles. The number of nitrogens with one attached hydrogen (secondary N) is 1. The second-order valence-corrected chi connectivity index (χ2v) is 5.04.